The Morgan fingerprint density at radius 3 is 2.38 bits per heavy atom. The van der Waals surface area contributed by atoms with Gasteiger partial charge in [0.2, 0.25) is 0 Å². The van der Waals surface area contributed by atoms with Gasteiger partial charge in [0.15, 0.2) is 0 Å². The third-order valence-corrected chi connectivity index (χ3v) is 6.75. The van der Waals surface area contributed by atoms with Crippen LogP contribution in [-0.2, 0) is 0 Å². The molecule has 0 bridgehead atoms. The number of hydrogen-bond acceptors (Lipinski definition) is 4. The molecule has 1 rings (SSSR count). The van der Waals surface area contributed by atoms with Crippen molar-refractivity contribution in [1.82, 2.24) is 10.6 Å². The lowest BCUT2D eigenvalue weighted by Crippen LogP contribution is -2.54. The highest BCUT2D eigenvalue weighted by molar-refractivity contribution is 8.93. The van der Waals surface area contributed by atoms with Crippen LogP contribution in [0.4, 0.5) is 0 Å². The second-order valence-electron chi connectivity index (χ2n) is 5.07. The Hall–Kier alpha value is 1.10. The molecule has 0 aromatic carbocycles. The van der Waals surface area contributed by atoms with Crippen LogP contribution in [0.1, 0.15) is 34.1 Å². The van der Waals surface area contributed by atoms with Crippen LogP contribution < -0.4 is 10.6 Å². The Morgan fingerprint density at radius 2 is 1.69 bits per heavy atom. The maximum absolute atomic E-state index is 3.67. The van der Waals surface area contributed by atoms with Crippen molar-refractivity contribution in [3.8, 4) is 0 Å². The molecule has 0 aromatic heterocycles. The van der Waals surface area contributed by atoms with Crippen molar-refractivity contribution in [3.63, 3.8) is 0 Å². The maximum atomic E-state index is 3.67. The van der Waals surface area contributed by atoms with Crippen LogP contribution in [0.15, 0.2) is 0 Å². The maximum Gasteiger partial charge on any atom is 0.0383 e. The first-order chi connectivity index (χ1) is 6.96. The Balaban J connectivity index is 0.00000225. The SMILES string of the molecule is Br.CC1(C)NCCCNCCSSC1(C)C. The van der Waals surface area contributed by atoms with Gasteiger partial charge in [0.1, 0.15) is 0 Å². The summed E-state index contributed by atoms with van der Waals surface area (Å²) < 4.78 is 0.266. The van der Waals surface area contributed by atoms with Crippen molar-refractivity contribution in [3.05, 3.63) is 0 Å². The van der Waals surface area contributed by atoms with Crippen LogP contribution in [0.2, 0.25) is 0 Å². The van der Waals surface area contributed by atoms with Crippen LogP contribution in [0.5, 0.6) is 0 Å². The summed E-state index contributed by atoms with van der Waals surface area (Å²) in [4.78, 5) is 0. The summed E-state index contributed by atoms with van der Waals surface area (Å²) >= 11 is 0. The van der Waals surface area contributed by atoms with Crippen LogP contribution in [0.25, 0.3) is 0 Å². The number of rotatable bonds is 0. The minimum absolute atomic E-state index is 0. The Bertz CT molecular complexity index is 178. The zero-order valence-corrected chi connectivity index (χ0v) is 14.1. The predicted octanol–water partition coefficient (Wildman–Crippen LogP) is 3.09. The fourth-order valence-electron chi connectivity index (χ4n) is 1.36. The van der Waals surface area contributed by atoms with Gasteiger partial charge in [0, 0.05) is 22.6 Å². The largest absolute Gasteiger partial charge is 0.316 e. The summed E-state index contributed by atoms with van der Waals surface area (Å²) in [5.41, 5.74) is 0.189. The van der Waals surface area contributed by atoms with Gasteiger partial charge in [-0.25, -0.2) is 0 Å². The lowest BCUT2D eigenvalue weighted by Gasteiger charge is -2.41. The molecule has 5 heteroatoms. The van der Waals surface area contributed by atoms with E-state index >= 15 is 0 Å². The van der Waals surface area contributed by atoms with E-state index in [9.17, 15) is 0 Å². The van der Waals surface area contributed by atoms with Crippen molar-refractivity contribution in [2.45, 2.75) is 44.4 Å². The molecular weight excluding hydrogens is 304 g/mol. The smallest absolute Gasteiger partial charge is 0.0383 e. The van der Waals surface area contributed by atoms with E-state index in [1.165, 1.54) is 12.2 Å². The predicted molar refractivity (Wildman–Crippen MR) is 84.0 cm³/mol. The van der Waals surface area contributed by atoms with Gasteiger partial charge in [-0.2, -0.15) is 0 Å². The van der Waals surface area contributed by atoms with E-state index in [4.69, 9.17) is 0 Å². The van der Waals surface area contributed by atoms with Crippen LogP contribution in [-0.4, -0.2) is 35.7 Å². The molecule has 0 amide bonds. The van der Waals surface area contributed by atoms with Gasteiger partial charge < -0.3 is 10.6 Å². The van der Waals surface area contributed by atoms with E-state index < -0.39 is 0 Å². The highest BCUT2D eigenvalue weighted by atomic mass is 79.9. The van der Waals surface area contributed by atoms with Gasteiger partial charge in [-0.15, -0.1) is 17.0 Å². The van der Waals surface area contributed by atoms with Gasteiger partial charge in [0.25, 0.3) is 0 Å². The molecule has 1 heterocycles. The van der Waals surface area contributed by atoms with Crippen molar-refractivity contribution in [2.24, 2.45) is 0 Å². The number of nitrogens with one attached hydrogen (secondary N) is 2. The molecule has 1 fully saturated rings. The molecule has 1 aliphatic rings. The van der Waals surface area contributed by atoms with E-state index in [-0.39, 0.29) is 27.3 Å². The molecule has 1 aliphatic heterocycles. The van der Waals surface area contributed by atoms with E-state index in [1.807, 2.05) is 21.6 Å². The molecule has 0 unspecified atom stereocenters. The van der Waals surface area contributed by atoms with E-state index in [2.05, 4.69) is 38.3 Å². The van der Waals surface area contributed by atoms with Gasteiger partial charge in [-0.3, -0.25) is 0 Å². The molecular formula is C11H25BrN2S2. The standard InChI is InChI=1S/C11H24N2S2.BrH/c1-10(2)11(3,4)15-14-9-8-12-6-5-7-13-10;/h12-13H,5-9H2,1-4H3;1H. The Kier molecular flexibility index (Phi) is 8.03. The summed E-state index contributed by atoms with van der Waals surface area (Å²) in [5.74, 6) is 1.20. The molecule has 98 valence electrons. The normalized spacial score (nSPS) is 26.2. The average molecular weight is 329 g/mol. The monoisotopic (exact) mass is 328 g/mol. The van der Waals surface area contributed by atoms with E-state index in [0.717, 1.165) is 19.6 Å². The molecule has 2 N–H and O–H groups in total. The third kappa shape index (κ3) is 5.17. The minimum atomic E-state index is 0. The van der Waals surface area contributed by atoms with Crippen LogP contribution in [0.3, 0.4) is 0 Å². The summed E-state index contributed by atoms with van der Waals surface area (Å²) in [6, 6.07) is 0. The lowest BCUT2D eigenvalue weighted by molar-refractivity contribution is 0.317. The quantitative estimate of drug-likeness (QED) is 0.667. The lowest BCUT2D eigenvalue weighted by atomic mass is 9.89. The number of hydrogen-bond donors (Lipinski definition) is 2. The Morgan fingerprint density at radius 1 is 1.00 bits per heavy atom. The molecule has 16 heavy (non-hydrogen) atoms. The minimum Gasteiger partial charge on any atom is -0.316 e. The van der Waals surface area contributed by atoms with E-state index in [1.54, 1.807) is 0 Å². The highest BCUT2D eigenvalue weighted by Gasteiger charge is 2.37. The fraction of sp³-hybridized carbons (Fsp3) is 1.00. The van der Waals surface area contributed by atoms with Gasteiger partial charge in [0.05, 0.1) is 0 Å². The average Bonchev–Trinajstić information content (AvgIpc) is 2.15. The topological polar surface area (TPSA) is 24.1 Å². The molecule has 1 saturated heterocycles. The summed E-state index contributed by atoms with van der Waals surface area (Å²) in [5, 5.41) is 7.14. The zero-order valence-electron chi connectivity index (χ0n) is 10.8. The van der Waals surface area contributed by atoms with Gasteiger partial charge in [-0.1, -0.05) is 21.6 Å². The Labute approximate surface area is 119 Å². The molecule has 0 atom stereocenters. The van der Waals surface area contributed by atoms with Gasteiger partial charge >= 0.3 is 0 Å². The first-order valence-corrected chi connectivity index (χ1v) is 8.04. The second kappa shape index (κ2) is 7.52. The first kappa shape index (κ1) is 17.1. The van der Waals surface area contributed by atoms with Crippen molar-refractivity contribution >= 4 is 38.6 Å². The number of halogens is 1. The van der Waals surface area contributed by atoms with Crippen LogP contribution >= 0.6 is 38.6 Å². The summed E-state index contributed by atoms with van der Waals surface area (Å²) in [7, 11) is 3.99. The highest BCUT2D eigenvalue weighted by Crippen LogP contribution is 2.42. The third-order valence-electron chi connectivity index (χ3n) is 3.23. The molecule has 0 spiro atoms. The fourth-order valence-corrected chi connectivity index (χ4v) is 4.25. The van der Waals surface area contributed by atoms with Gasteiger partial charge in [-0.05, 0) is 47.2 Å². The van der Waals surface area contributed by atoms with Crippen molar-refractivity contribution in [1.29, 1.82) is 0 Å². The molecule has 2 nitrogen and oxygen atoms in total. The zero-order chi connectivity index (χ0) is 11.4. The summed E-state index contributed by atoms with van der Waals surface area (Å²) in [6.07, 6.45) is 1.22. The first-order valence-electron chi connectivity index (χ1n) is 5.72. The van der Waals surface area contributed by atoms with Crippen molar-refractivity contribution < 1.29 is 0 Å². The molecule has 0 radical (unpaired) electrons. The van der Waals surface area contributed by atoms with Crippen LogP contribution in [0, 0.1) is 0 Å². The molecule has 0 aromatic rings. The molecule has 0 aliphatic carbocycles. The van der Waals surface area contributed by atoms with E-state index in [0.29, 0.717) is 0 Å². The van der Waals surface area contributed by atoms with Crippen molar-refractivity contribution in [2.75, 3.05) is 25.4 Å². The second-order valence-corrected chi connectivity index (χ2v) is 8.11. The summed E-state index contributed by atoms with van der Waals surface area (Å²) in [6.45, 7) is 12.7. The molecule has 0 saturated carbocycles.